The molecule has 3 aliphatic rings. The predicted octanol–water partition coefficient (Wildman–Crippen LogP) is 13.6. The number of aliphatic imine (C=N–C) groups is 2. The summed E-state index contributed by atoms with van der Waals surface area (Å²) in [6, 6.07) is 57.3. The van der Waals surface area contributed by atoms with Crippen molar-refractivity contribution in [1.82, 2.24) is 0 Å². The SMILES string of the molecule is CC1C/C=C(\c2ccccc2)N=C(c2ccc3oc4ccc(-c5ccc6oc7c(c6c5)N5c6ccccc6NC5c5ccccc5-7)cc4c3c2)N=C1c1ccccc1. The molecular formula is C52H36N4O2. The summed E-state index contributed by atoms with van der Waals surface area (Å²) in [6.07, 6.45) is 3.07. The van der Waals surface area contributed by atoms with Gasteiger partial charge in [0.2, 0.25) is 0 Å². The van der Waals surface area contributed by atoms with Gasteiger partial charge in [0.05, 0.1) is 28.5 Å². The Labute approximate surface area is 335 Å². The lowest BCUT2D eigenvalue weighted by Crippen LogP contribution is -2.27. The number of anilines is 3. The van der Waals surface area contributed by atoms with Crippen LogP contribution in [0.4, 0.5) is 17.1 Å². The van der Waals surface area contributed by atoms with Crippen LogP contribution in [0.2, 0.25) is 0 Å². The van der Waals surface area contributed by atoms with Crippen LogP contribution in [0.3, 0.4) is 0 Å². The first-order valence-corrected chi connectivity index (χ1v) is 19.9. The van der Waals surface area contributed by atoms with Crippen LogP contribution in [-0.2, 0) is 0 Å². The smallest absolute Gasteiger partial charge is 0.160 e. The number of allylic oxidation sites excluding steroid dienone is 1. The molecule has 0 fully saturated rings. The summed E-state index contributed by atoms with van der Waals surface area (Å²) in [5.74, 6) is 1.78. The van der Waals surface area contributed by atoms with Gasteiger partial charge in [0.15, 0.2) is 11.6 Å². The third-order valence-electron chi connectivity index (χ3n) is 11.9. The minimum atomic E-state index is -0.0218. The topological polar surface area (TPSA) is 66.3 Å². The third-order valence-corrected chi connectivity index (χ3v) is 11.9. The van der Waals surface area contributed by atoms with E-state index in [9.17, 15) is 0 Å². The molecule has 0 saturated carbocycles. The number of para-hydroxylation sites is 2. The molecule has 2 aromatic heterocycles. The largest absolute Gasteiger partial charge is 0.456 e. The molecule has 0 amide bonds. The van der Waals surface area contributed by atoms with E-state index in [1.165, 1.54) is 5.56 Å². The summed E-state index contributed by atoms with van der Waals surface area (Å²) in [5.41, 5.74) is 15.5. The molecule has 2 atom stereocenters. The van der Waals surface area contributed by atoms with E-state index < -0.39 is 0 Å². The number of rotatable bonds is 4. The lowest BCUT2D eigenvalue weighted by atomic mass is 9.93. The van der Waals surface area contributed by atoms with Crippen molar-refractivity contribution in [3.05, 3.63) is 192 Å². The van der Waals surface area contributed by atoms with Crippen molar-refractivity contribution in [2.24, 2.45) is 15.9 Å². The van der Waals surface area contributed by atoms with Gasteiger partial charge in [-0.25, -0.2) is 9.98 Å². The van der Waals surface area contributed by atoms with E-state index in [4.69, 9.17) is 18.8 Å². The Hall–Kier alpha value is -7.44. The molecule has 12 rings (SSSR count). The van der Waals surface area contributed by atoms with E-state index in [0.29, 0.717) is 5.84 Å². The molecule has 0 aliphatic carbocycles. The molecule has 7 aromatic carbocycles. The van der Waals surface area contributed by atoms with Crippen molar-refractivity contribution in [3.63, 3.8) is 0 Å². The minimum Gasteiger partial charge on any atom is -0.456 e. The Morgan fingerprint density at radius 2 is 1.19 bits per heavy atom. The van der Waals surface area contributed by atoms with Crippen LogP contribution in [0.5, 0.6) is 0 Å². The lowest BCUT2D eigenvalue weighted by Gasteiger charge is -2.32. The molecular weight excluding hydrogens is 713 g/mol. The maximum atomic E-state index is 6.70. The van der Waals surface area contributed by atoms with Crippen LogP contribution in [-0.4, -0.2) is 11.5 Å². The Morgan fingerprint density at radius 3 is 1.97 bits per heavy atom. The summed E-state index contributed by atoms with van der Waals surface area (Å²) in [4.78, 5) is 13.0. The van der Waals surface area contributed by atoms with Gasteiger partial charge in [-0.3, -0.25) is 0 Å². The number of furan rings is 2. The van der Waals surface area contributed by atoms with Crippen molar-refractivity contribution in [3.8, 4) is 22.5 Å². The molecule has 6 heteroatoms. The highest BCUT2D eigenvalue weighted by atomic mass is 16.3. The Bertz CT molecular complexity index is 3210. The summed E-state index contributed by atoms with van der Waals surface area (Å²) >= 11 is 0. The van der Waals surface area contributed by atoms with E-state index in [2.05, 4.69) is 175 Å². The molecule has 0 radical (unpaired) electrons. The van der Waals surface area contributed by atoms with Gasteiger partial charge in [-0.05, 0) is 83.3 Å². The van der Waals surface area contributed by atoms with Crippen LogP contribution in [0.25, 0.3) is 61.1 Å². The normalized spacial score (nSPS) is 17.9. The second-order valence-electron chi connectivity index (χ2n) is 15.4. The van der Waals surface area contributed by atoms with Crippen LogP contribution in [0.15, 0.2) is 189 Å². The number of hydrogen-bond donors (Lipinski definition) is 1. The Morgan fingerprint density at radius 1 is 0.569 bits per heavy atom. The molecule has 3 aliphatic heterocycles. The first-order valence-electron chi connectivity index (χ1n) is 19.9. The highest BCUT2D eigenvalue weighted by Crippen LogP contribution is 2.57. The summed E-state index contributed by atoms with van der Waals surface area (Å²) in [6.45, 7) is 2.25. The fourth-order valence-corrected chi connectivity index (χ4v) is 9.03. The third kappa shape index (κ3) is 5.11. The Kier molecular flexibility index (Phi) is 7.23. The van der Waals surface area contributed by atoms with Gasteiger partial charge in [-0.1, -0.05) is 122 Å². The highest BCUT2D eigenvalue weighted by Gasteiger charge is 2.40. The van der Waals surface area contributed by atoms with Gasteiger partial charge in [-0.2, -0.15) is 0 Å². The van der Waals surface area contributed by atoms with Crippen molar-refractivity contribution < 1.29 is 8.83 Å². The molecule has 9 aromatic rings. The number of hydrogen-bond acceptors (Lipinski definition) is 6. The maximum Gasteiger partial charge on any atom is 0.160 e. The monoisotopic (exact) mass is 748 g/mol. The highest BCUT2D eigenvalue weighted by molar-refractivity contribution is 6.17. The molecule has 276 valence electrons. The fourth-order valence-electron chi connectivity index (χ4n) is 9.03. The summed E-state index contributed by atoms with van der Waals surface area (Å²) in [7, 11) is 0. The first kappa shape index (κ1) is 32.8. The second kappa shape index (κ2) is 12.8. The van der Waals surface area contributed by atoms with Crippen molar-refractivity contribution in [2.45, 2.75) is 19.5 Å². The van der Waals surface area contributed by atoms with E-state index >= 15 is 0 Å². The van der Waals surface area contributed by atoms with E-state index in [1.807, 2.05) is 12.1 Å². The zero-order valence-corrected chi connectivity index (χ0v) is 31.7. The maximum absolute atomic E-state index is 6.70. The number of nitrogens with zero attached hydrogens (tertiary/aromatic N) is 3. The van der Waals surface area contributed by atoms with Gasteiger partial charge in [0, 0.05) is 38.8 Å². The Balaban J connectivity index is 0.997. The van der Waals surface area contributed by atoms with Crippen molar-refractivity contribution in [2.75, 3.05) is 10.2 Å². The zero-order chi connectivity index (χ0) is 38.3. The average molecular weight is 749 g/mol. The number of benzene rings is 7. The molecule has 2 unspecified atom stereocenters. The predicted molar refractivity (Wildman–Crippen MR) is 237 cm³/mol. The zero-order valence-electron chi connectivity index (χ0n) is 31.7. The van der Waals surface area contributed by atoms with Crippen LogP contribution < -0.4 is 10.2 Å². The number of fused-ring (bicyclic) bond motifs is 13. The molecule has 0 saturated heterocycles. The van der Waals surface area contributed by atoms with Crippen molar-refractivity contribution in [1.29, 1.82) is 0 Å². The molecule has 0 bridgehead atoms. The molecule has 58 heavy (non-hydrogen) atoms. The van der Waals surface area contributed by atoms with E-state index in [1.54, 1.807) is 0 Å². The fraction of sp³-hybridized carbons (Fsp3) is 0.0769. The molecule has 5 heterocycles. The van der Waals surface area contributed by atoms with Gasteiger partial charge in [0.25, 0.3) is 0 Å². The molecule has 6 nitrogen and oxygen atoms in total. The van der Waals surface area contributed by atoms with Crippen LogP contribution in [0, 0.1) is 5.92 Å². The lowest BCUT2D eigenvalue weighted by molar-refractivity contribution is 0.622. The second-order valence-corrected chi connectivity index (χ2v) is 15.4. The van der Waals surface area contributed by atoms with Crippen molar-refractivity contribution >= 4 is 67.2 Å². The van der Waals surface area contributed by atoms with Gasteiger partial charge < -0.3 is 19.1 Å². The van der Waals surface area contributed by atoms with Crippen LogP contribution >= 0.6 is 0 Å². The van der Waals surface area contributed by atoms with E-state index in [0.717, 1.165) is 107 Å². The number of amidine groups is 1. The van der Waals surface area contributed by atoms with Gasteiger partial charge in [-0.15, -0.1) is 0 Å². The quantitative estimate of drug-likeness (QED) is 0.195. The van der Waals surface area contributed by atoms with E-state index in [-0.39, 0.29) is 12.1 Å². The summed E-state index contributed by atoms with van der Waals surface area (Å²) < 4.78 is 13.2. The molecule has 0 spiro atoms. The molecule has 1 N–H and O–H groups in total. The summed E-state index contributed by atoms with van der Waals surface area (Å²) in [5, 5.41) is 6.93. The first-order chi connectivity index (χ1) is 28.6. The van der Waals surface area contributed by atoms with Crippen LogP contribution in [0.1, 0.15) is 41.8 Å². The minimum absolute atomic E-state index is 0.0218. The van der Waals surface area contributed by atoms with Gasteiger partial charge in [0.1, 0.15) is 22.9 Å². The number of nitrogens with one attached hydrogen (secondary N) is 1. The average Bonchev–Trinajstić information content (AvgIpc) is 3.97. The standard InChI is InChI=1S/C52H36N4O2/c1-31-20-24-42(32-12-4-2-5-13-32)53-51(55-48(31)33-14-6-3-7-15-33)36-23-27-46-40(30-36)39-28-34(21-25-45(39)57-46)35-22-26-47-41(29-35)49-50(58-47)37-16-8-9-17-38(37)52-54-43-18-10-11-19-44(43)56(49)52/h2-19,21-31,52,54H,20H2,1H3/b42-24+,53-51?,55-48?. The van der Waals surface area contributed by atoms with Gasteiger partial charge >= 0.3 is 0 Å².